The van der Waals surface area contributed by atoms with Crippen LogP contribution in [0.4, 0.5) is 0 Å². The molecule has 0 aromatic heterocycles. The highest BCUT2D eigenvalue weighted by Gasteiger charge is 2.02. The lowest BCUT2D eigenvalue weighted by molar-refractivity contribution is 0.480. The highest BCUT2D eigenvalue weighted by Crippen LogP contribution is 2.27. The fourth-order valence-electron chi connectivity index (χ4n) is 1.57. The van der Waals surface area contributed by atoms with E-state index in [2.05, 4.69) is 24.5 Å². The highest BCUT2D eigenvalue weighted by atomic mass is 32.1. The van der Waals surface area contributed by atoms with Gasteiger partial charge in [-0.05, 0) is 11.5 Å². The van der Waals surface area contributed by atoms with E-state index < -0.39 is 0 Å². The third-order valence-electron chi connectivity index (χ3n) is 2.36. The minimum Gasteiger partial charge on any atom is -0.506 e. The molecule has 0 amide bonds. The molecule has 0 fully saturated rings. The van der Waals surface area contributed by atoms with Crippen LogP contribution in [-0.2, 0) is 0 Å². The van der Waals surface area contributed by atoms with E-state index in [1.165, 1.54) is 0 Å². The molecule has 80 valence electrons. The van der Waals surface area contributed by atoms with Crippen molar-refractivity contribution in [2.45, 2.75) is 6.42 Å². The Kier molecular flexibility index (Phi) is 3.38. The van der Waals surface area contributed by atoms with E-state index >= 15 is 0 Å². The first kappa shape index (κ1) is 10.9. The van der Waals surface area contributed by atoms with Gasteiger partial charge in [-0.3, -0.25) is 0 Å². The second-order valence-electron chi connectivity index (χ2n) is 3.46. The summed E-state index contributed by atoms with van der Waals surface area (Å²) in [5.41, 5.74) is 0.681. The van der Waals surface area contributed by atoms with Crippen LogP contribution in [0.25, 0.3) is 10.8 Å². The van der Waals surface area contributed by atoms with Gasteiger partial charge in [0.2, 0.25) is 0 Å². The SMILES string of the molecule is Oc1c(C#CCCS)ccc2ccccc12. The number of fused-ring (bicyclic) bond motifs is 1. The van der Waals surface area contributed by atoms with Crippen LogP contribution < -0.4 is 0 Å². The van der Waals surface area contributed by atoms with Gasteiger partial charge in [-0.2, -0.15) is 12.6 Å². The molecule has 0 aliphatic carbocycles. The number of phenols is 1. The molecule has 1 N–H and O–H groups in total. The Morgan fingerprint density at radius 1 is 1.12 bits per heavy atom. The number of benzene rings is 2. The Labute approximate surface area is 101 Å². The van der Waals surface area contributed by atoms with Gasteiger partial charge in [0.15, 0.2) is 0 Å². The Morgan fingerprint density at radius 3 is 2.75 bits per heavy atom. The number of aromatic hydroxyl groups is 1. The Balaban J connectivity index is 2.49. The second-order valence-corrected chi connectivity index (χ2v) is 3.91. The van der Waals surface area contributed by atoms with Crippen molar-refractivity contribution in [2.75, 3.05) is 5.75 Å². The summed E-state index contributed by atoms with van der Waals surface area (Å²) in [7, 11) is 0. The molecular weight excluding hydrogens is 216 g/mol. The van der Waals surface area contributed by atoms with Crippen molar-refractivity contribution >= 4 is 23.4 Å². The zero-order valence-electron chi connectivity index (χ0n) is 8.77. The summed E-state index contributed by atoms with van der Waals surface area (Å²) in [6.45, 7) is 0. The van der Waals surface area contributed by atoms with Crippen molar-refractivity contribution in [1.29, 1.82) is 0 Å². The van der Waals surface area contributed by atoms with E-state index in [-0.39, 0.29) is 5.75 Å². The molecule has 2 rings (SSSR count). The lowest BCUT2D eigenvalue weighted by atomic mass is 10.1. The van der Waals surface area contributed by atoms with Gasteiger partial charge in [0, 0.05) is 17.6 Å². The van der Waals surface area contributed by atoms with Crippen LogP contribution in [0.15, 0.2) is 36.4 Å². The molecule has 0 unspecified atom stereocenters. The molecule has 16 heavy (non-hydrogen) atoms. The summed E-state index contributed by atoms with van der Waals surface area (Å²) in [6.07, 6.45) is 0.732. The summed E-state index contributed by atoms with van der Waals surface area (Å²) >= 11 is 4.09. The van der Waals surface area contributed by atoms with E-state index in [1.54, 1.807) is 0 Å². The van der Waals surface area contributed by atoms with Crippen molar-refractivity contribution in [3.63, 3.8) is 0 Å². The van der Waals surface area contributed by atoms with Crippen molar-refractivity contribution in [3.05, 3.63) is 42.0 Å². The van der Waals surface area contributed by atoms with Crippen molar-refractivity contribution in [1.82, 2.24) is 0 Å². The zero-order valence-corrected chi connectivity index (χ0v) is 9.67. The van der Waals surface area contributed by atoms with Gasteiger partial charge in [-0.1, -0.05) is 42.2 Å². The van der Waals surface area contributed by atoms with Crippen molar-refractivity contribution < 1.29 is 5.11 Å². The van der Waals surface area contributed by atoms with Crippen molar-refractivity contribution in [2.24, 2.45) is 0 Å². The molecule has 0 saturated heterocycles. The topological polar surface area (TPSA) is 20.2 Å². The average molecular weight is 228 g/mol. The van der Waals surface area contributed by atoms with Crippen LogP contribution in [0.3, 0.4) is 0 Å². The highest BCUT2D eigenvalue weighted by molar-refractivity contribution is 7.80. The second kappa shape index (κ2) is 4.96. The van der Waals surface area contributed by atoms with E-state index in [0.29, 0.717) is 5.56 Å². The monoisotopic (exact) mass is 228 g/mol. The molecule has 0 heterocycles. The maximum atomic E-state index is 10.0. The summed E-state index contributed by atoms with van der Waals surface area (Å²) in [4.78, 5) is 0. The summed E-state index contributed by atoms with van der Waals surface area (Å²) in [6, 6.07) is 11.6. The normalized spacial score (nSPS) is 9.81. The number of thiol groups is 1. The fourth-order valence-corrected chi connectivity index (χ4v) is 1.68. The minimum atomic E-state index is 0.268. The smallest absolute Gasteiger partial charge is 0.139 e. The standard InChI is InChI=1S/C14H12OS/c15-14-12(6-3-4-10-16)9-8-11-5-1-2-7-13(11)14/h1-2,5,7-9,15-16H,4,10H2. The van der Waals surface area contributed by atoms with Gasteiger partial charge < -0.3 is 5.11 Å². The predicted molar refractivity (Wildman–Crippen MR) is 71.0 cm³/mol. The van der Waals surface area contributed by atoms with Crippen molar-refractivity contribution in [3.8, 4) is 17.6 Å². The molecule has 0 radical (unpaired) electrons. The third kappa shape index (κ3) is 2.15. The number of phenolic OH excluding ortho intramolecular Hbond substituents is 1. The first-order chi connectivity index (χ1) is 7.83. The molecule has 0 aliphatic rings. The first-order valence-corrected chi connectivity index (χ1v) is 5.76. The van der Waals surface area contributed by atoms with Crippen LogP contribution in [0, 0.1) is 11.8 Å². The van der Waals surface area contributed by atoms with Gasteiger partial charge in [0.05, 0.1) is 5.56 Å². The van der Waals surface area contributed by atoms with Gasteiger partial charge in [-0.15, -0.1) is 0 Å². The number of hydrogen-bond acceptors (Lipinski definition) is 2. The Morgan fingerprint density at radius 2 is 1.94 bits per heavy atom. The largest absolute Gasteiger partial charge is 0.506 e. The van der Waals surface area contributed by atoms with E-state index in [9.17, 15) is 5.11 Å². The molecule has 0 aliphatic heterocycles. The minimum absolute atomic E-state index is 0.268. The molecule has 0 spiro atoms. The first-order valence-electron chi connectivity index (χ1n) is 5.13. The molecule has 1 nitrogen and oxygen atoms in total. The van der Waals surface area contributed by atoms with Crippen LogP contribution >= 0.6 is 12.6 Å². The average Bonchev–Trinajstić information content (AvgIpc) is 2.33. The van der Waals surface area contributed by atoms with Crippen LogP contribution in [0.1, 0.15) is 12.0 Å². The summed E-state index contributed by atoms with van der Waals surface area (Å²) in [5.74, 6) is 6.93. The molecule has 0 saturated carbocycles. The molecule has 0 bridgehead atoms. The molecule has 2 heteroatoms. The van der Waals surface area contributed by atoms with Crippen LogP contribution in [0.2, 0.25) is 0 Å². The number of hydrogen-bond donors (Lipinski definition) is 2. The summed E-state index contributed by atoms with van der Waals surface area (Å²) in [5, 5.41) is 11.9. The Bertz CT molecular complexity index is 564. The zero-order chi connectivity index (χ0) is 11.4. The van der Waals surface area contributed by atoms with E-state index in [0.717, 1.165) is 22.9 Å². The molecule has 2 aromatic rings. The maximum absolute atomic E-state index is 10.0. The van der Waals surface area contributed by atoms with E-state index in [1.807, 2.05) is 36.4 Å². The quantitative estimate of drug-likeness (QED) is 0.567. The fraction of sp³-hybridized carbons (Fsp3) is 0.143. The van der Waals surface area contributed by atoms with Gasteiger partial charge in [-0.25, -0.2) is 0 Å². The van der Waals surface area contributed by atoms with E-state index in [4.69, 9.17) is 0 Å². The number of rotatable bonds is 1. The lowest BCUT2D eigenvalue weighted by Gasteiger charge is -2.02. The van der Waals surface area contributed by atoms with Crippen LogP contribution in [-0.4, -0.2) is 10.9 Å². The van der Waals surface area contributed by atoms with Crippen LogP contribution in [0.5, 0.6) is 5.75 Å². The van der Waals surface area contributed by atoms with Gasteiger partial charge in [0.1, 0.15) is 5.75 Å². The molecular formula is C14H12OS. The Hall–Kier alpha value is -1.59. The lowest BCUT2D eigenvalue weighted by Crippen LogP contribution is -1.80. The van der Waals surface area contributed by atoms with Gasteiger partial charge >= 0.3 is 0 Å². The summed E-state index contributed by atoms with van der Waals surface area (Å²) < 4.78 is 0. The van der Waals surface area contributed by atoms with Gasteiger partial charge in [0.25, 0.3) is 0 Å². The maximum Gasteiger partial charge on any atom is 0.139 e. The third-order valence-corrected chi connectivity index (χ3v) is 2.58. The molecule has 0 atom stereocenters. The predicted octanol–water partition coefficient (Wildman–Crippen LogP) is 3.22. The molecule has 2 aromatic carbocycles.